The Kier molecular flexibility index (Phi) is 24.4. The minimum atomic E-state index is -1.20. The Labute approximate surface area is 214 Å². The van der Waals surface area contributed by atoms with Crippen molar-refractivity contribution >= 4 is 17.8 Å². The van der Waals surface area contributed by atoms with E-state index >= 15 is 0 Å². The van der Waals surface area contributed by atoms with Gasteiger partial charge in [0.15, 0.2) is 6.10 Å². The fourth-order valence-corrected chi connectivity index (χ4v) is 3.76. The number of carbonyl (C=O) groups is 3. The van der Waals surface area contributed by atoms with Gasteiger partial charge in [-0.25, -0.2) is 0 Å². The SMILES string of the molecule is CC(=O)O[C@H](CC(=O)[O-])C[N+](C)(C)C.CCCCCCCCCCCCCCCC(=O)NCCO. The van der Waals surface area contributed by atoms with Crippen LogP contribution in [0.15, 0.2) is 0 Å². The lowest BCUT2D eigenvalue weighted by Gasteiger charge is -2.28. The second-order valence-electron chi connectivity index (χ2n) is 10.3. The molecule has 0 spiro atoms. The fourth-order valence-electron chi connectivity index (χ4n) is 3.76. The van der Waals surface area contributed by atoms with Crippen LogP contribution in [-0.2, 0) is 19.1 Å². The largest absolute Gasteiger partial charge is 0.550 e. The van der Waals surface area contributed by atoms with Gasteiger partial charge in [0, 0.05) is 32.3 Å². The number of nitrogens with one attached hydrogen (secondary N) is 1. The Balaban J connectivity index is 0. The van der Waals surface area contributed by atoms with Crippen LogP contribution in [0.3, 0.4) is 0 Å². The van der Waals surface area contributed by atoms with Crippen LogP contribution in [0.5, 0.6) is 0 Å². The van der Waals surface area contributed by atoms with Crippen molar-refractivity contribution in [3.63, 3.8) is 0 Å². The van der Waals surface area contributed by atoms with E-state index in [1.54, 1.807) is 0 Å². The molecule has 35 heavy (non-hydrogen) atoms. The average Bonchev–Trinajstić information content (AvgIpc) is 2.73. The number of unbranched alkanes of at least 4 members (excludes halogenated alkanes) is 12. The molecule has 2 N–H and O–H groups in total. The second-order valence-corrected chi connectivity index (χ2v) is 10.3. The molecule has 0 bridgehead atoms. The highest BCUT2D eigenvalue weighted by Crippen LogP contribution is 2.12. The van der Waals surface area contributed by atoms with Gasteiger partial charge >= 0.3 is 5.97 Å². The molecule has 0 radical (unpaired) electrons. The predicted molar refractivity (Wildman–Crippen MR) is 138 cm³/mol. The van der Waals surface area contributed by atoms with E-state index in [0.717, 1.165) is 12.8 Å². The van der Waals surface area contributed by atoms with Gasteiger partial charge in [-0.15, -0.1) is 0 Å². The summed E-state index contributed by atoms with van der Waals surface area (Å²) in [6, 6.07) is 0. The molecule has 0 aliphatic rings. The third-order valence-corrected chi connectivity index (χ3v) is 5.42. The highest BCUT2D eigenvalue weighted by atomic mass is 16.5. The lowest BCUT2D eigenvalue weighted by Crippen LogP contribution is -2.45. The zero-order valence-electron chi connectivity index (χ0n) is 23.2. The highest BCUT2D eigenvalue weighted by Gasteiger charge is 2.20. The molecule has 208 valence electrons. The summed E-state index contributed by atoms with van der Waals surface area (Å²) in [6.45, 7) is 4.40. The van der Waals surface area contributed by atoms with Crippen LogP contribution in [-0.4, -0.2) is 74.4 Å². The van der Waals surface area contributed by atoms with Crippen molar-refractivity contribution in [2.45, 2.75) is 116 Å². The quantitative estimate of drug-likeness (QED) is 0.141. The van der Waals surface area contributed by atoms with Crippen LogP contribution >= 0.6 is 0 Å². The lowest BCUT2D eigenvalue weighted by molar-refractivity contribution is -0.873. The number of amides is 1. The summed E-state index contributed by atoms with van der Waals surface area (Å²) in [5.41, 5.74) is 0. The number of aliphatic hydroxyl groups excluding tert-OH is 1. The number of carboxylic acids is 1. The third-order valence-electron chi connectivity index (χ3n) is 5.42. The summed E-state index contributed by atoms with van der Waals surface area (Å²) < 4.78 is 5.39. The van der Waals surface area contributed by atoms with Crippen LogP contribution in [0.2, 0.25) is 0 Å². The summed E-state index contributed by atoms with van der Waals surface area (Å²) in [6.07, 6.45) is 17.0. The van der Waals surface area contributed by atoms with E-state index in [1.165, 1.54) is 77.6 Å². The number of hydrogen-bond acceptors (Lipinski definition) is 6. The van der Waals surface area contributed by atoms with E-state index in [0.29, 0.717) is 24.0 Å². The molecule has 0 aliphatic heterocycles. The number of nitrogens with zero attached hydrogens (tertiary/aromatic N) is 1. The van der Waals surface area contributed by atoms with E-state index in [9.17, 15) is 19.5 Å². The molecule has 0 rings (SSSR count). The maximum absolute atomic E-state index is 11.3. The highest BCUT2D eigenvalue weighted by molar-refractivity contribution is 5.75. The Morgan fingerprint density at radius 2 is 1.31 bits per heavy atom. The Morgan fingerprint density at radius 1 is 0.857 bits per heavy atom. The monoisotopic (exact) mass is 502 g/mol. The minimum absolute atomic E-state index is 0.0321. The summed E-state index contributed by atoms with van der Waals surface area (Å²) in [4.78, 5) is 32.3. The molecule has 8 nitrogen and oxygen atoms in total. The molecule has 1 amide bonds. The van der Waals surface area contributed by atoms with Crippen molar-refractivity contribution in [2.75, 3.05) is 40.8 Å². The molecule has 0 aliphatic carbocycles. The summed E-state index contributed by atoms with van der Waals surface area (Å²) in [7, 11) is 5.68. The molecule has 0 aromatic rings. The van der Waals surface area contributed by atoms with Crippen LogP contribution in [0.25, 0.3) is 0 Å². The van der Waals surface area contributed by atoms with Gasteiger partial charge in [-0.1, -0.05) is 84.0 Å². The first-order chi connectivity index (χ1) is 16.5. The molecule has 8 heteroatoms. The van der Waals surface area contributed by atoms with Crippen LogP contribution in [0.4, 0.5) is 0 Å². The molecular formula is C27H54N2O6. The first-order valence-electron chi connectivity index (χ1n) is 13.6. The van der Waals surface area contributed by atoms with Crippen molar-refractivity contribution in [1.82, 2.24) is 5.32 Å². The summed E-state index contributed by atoms with van der Waals surface area (Å²) >= 11 is 0. The molecule has 0 heterocycles. The fraction of sp³-hybridized carbons (Fsp3) is 0.889. The molecule has 0 aromatic heterocycles. The number of carboxylic acid groups (broad SMARTS) is 1. The number of quaternary nitrogens is 1. The number of rotatable bonds is 21. The van der Waals surface area contributed by atoms with Crippen molar-refractivity contribution in [3.05, 3.63) is 0 Å². The zero-order valence-corrected chi connectivity index (χ0v) is 23.2. The summed E-state index contributed by atoms with van der Waals surface area (Å²) in [5.74, 6) is -1.60. The number of likely N-dealkylation sites (N-methyl/N-ethyl adjacent to an activating group) is 1. The number of aliphatic carboxylic acids is 1. The molecule has 0 unspecified atom stereocenters. The molecule has 0 fully saturated rings. The number of ether oxygens (including phenoxy) is 1. The van der Waals surface area contributed by atoms with E-state index in [1.807, 2.05) is 21.1 Å². The molecular weight excluding hydrogens is 448 g/mol. The first-order valence-corrected chi connectivity index (χ1v) is 13.6. The van der Waals surface area contributed by atoms with E-state index in [4.69, 9.17) is 9.84 Å². The van der Waals surface area contributed by atoms with E-state index in [-0.39, 0.29) is 18.9 Å². The van der Waals surface area contributed by atoms with Gasteiger partial charge in [0.05, 0.1) is 27.7 Å². The Bertz CT molecular complexity index is 518. The summed E-state index contributed by atoms with van der Waals surface area (Å²) in [5, 5.41) is 21.6. The van der Waals surface area contributed by atoms with Gasteiger partial charge in [0.1, 0.15) is 6.54 Å². The second kappa shape index (κ2) is 24.0. The molecule has 0 saturated heterocycles. The van der Waals surface area contributed by atoms with Crippen molar-refractivity contribution < 1.29 is 33.8 Å². The van der Waals surface area contributed by atoms with Crippen molar-refractivity contribution in [1.29, 1.82) is 0 Å². The average molecular weight is 503 g/mol. The van der Waals surface area contributed by atoms with Crippen LogP contribution in [0, 0.1) is 0 Å². The van der Waals surface area contributed by atoms with Gasteiger partial charge in [-0.3, -0.25) is 9.59 Å². The topological polar surface area (TPSA) is 116 Å². The Morgan fingerprint density at radius 3 is 1.69 bits per heavy atom. The van der Waals surface area contributed by atoms with E-state index < -0.39 is 18.0 Å². The van der Waals surface area contributed by atoms with Gasteiger partial charge in [0.25, 0.3) is 0 Å². The van der Waals surface area contributed by atoms with Gasteiger partial charge in [-0.2, -0.15) is 0 Å². The smallest absolute Gasteiger partial charge is 0.303 e. The lowest BCUT2D eigenvalue weighted by atomic mass is 10.0. The number of aliphatic hydroxyl groups is 1. The molecule has 1 atom stereocenters. The predicted octanol–water partition coefficient (Wildman–Crippen LogP) is 3.34. The standard InChI is InChI=1S/C18H37NO2.C9H17NO4/c1-2-3-4-5-6-7-8-9-10-11-12-13-14-15-18(21)19-16-17-20;1-7(11)14-8(5-9(12)13)6-10(2,3)4/h20H,2-17H2,1H3,(H,19,21);8H,5-6H2,1-4H3/t;8-/m.1/s1. The van der Waals surface area contributed by atoms with Gasteiger partial charge in [-0.05, 0) is 6.42 Å². The van der Waals surface area contributed by atoms with Crippen LogP contribution < -0.4 is 10.4 Å². The molecule has 0 aromatic carbocycles. The number of hydrogen-bond donors (Lipinski definition) is 2. The normalized spacial score (nSPS) is 11.8. The maximum atomic E-state index is 11.3. The van der Waals surface area contributed by atoms with Crippen LogP contribution in [0.1, 0.15) is 110 Å². The number of esters is 1. The maximum Gasteiger partial charge on any atom is 0.303 e. The van der Waals surface area contributed by atoms with Gasteiger partial charge < -0.3 is 29.5 Å². The Hall–Kier alpha value is -1.67. The number of carbonyl (C=O) groups excluding carboxylic acids is 3. The third kappa shape index (κ3) is 32.3. The van der Waals surface area contributed by atoms with Gasteiger partial charge in [0.2, 0.25) is 5.91 Å². The van der Waals surface area contributed by atoms with E-state index in [2.05, 4.69) is 12.2 Å². The van der Waals surface area contributed by atoms with Crippen molar-refractivity contribution in [3.8, 4) is 0 Å². The minimum Gasteiger partial charge on any atom is -0.550 e. The molecule has 0 saturated carbocycles. The zero-order chi connectivity index (χ0) is 27.0. The van der Waals surface area contributed by atoms with Crippen molar-refractivity contribution in [2.24, 2.45) is 0 Å². The first kappa shape index (κ1) is 35.5.